The number of hydrogen-bond donors (Lipinski definition) is 4. The SMILES string of the molecule is CNS(=O)(=O)c1cccc(NC(=O)CNC(=O)CCC2CCNCC2)c1.Cl. The van der Waals surface area contributed by atoms with Gasteiger partial charge in [0.05, 0.1) is 11.4 Å². The fraction of sp³-hybridized carbons (Fsp3) is 0.529. The summed E-state index contributed by atoms with van der Waals surface area (Å²) >= 11 is 0. The van der Waals surface area contributed by atoms with Crippen LogP contribution in [0.5, 0.6) is 0 Å². The van der Waals surface area contributed by atoms with Gasteiger partial charge < -0.3 is 16.0 Å². The van der Waals surface area contributed by atoms with Gasteiger partial charge in [0.25, 0.3) is 0 Å². The van der Waals surface area contributed by atoms with Gasteiger partial charge in [0, 0.05) is 12.1 Å². The zero-order valence-electron chi connectivity index (χ0n) is 15.3. The van der Waals surface area contributed by atoms with E-state index < -0.39 is 15.9 Å². The van der Waals surface area contributed by atoms with Crippen molar-refractivity contribution in [1.82, 2.24) is 15.4 Å². The lowest BCUT2D eigenvalue weighted by Gasteiger charge is -2.22. The van der Waals surface area contributed by atoms with Crippen molar-refractivity contribution in [2.45, 2.75) is 30.6 Å². The monoisotopic (exact) mass is 418 g/mol. The van der Waals surface area contributed by atoms with Crippen molar-refractivity contribution < 1.29 is 18.0 Å². The highest BCUT2D eigenvalue weighted by Gasteiger charge is 2.15. The molecule has 1 saturated heterocycles. The number of anilines is 1. The third-order valence-corrected chi connectivity index (χ3v) is 5.79. The lowest BCUT2D eigenvalue weighted by atomic mass is 9.93. The van der Waals surface area contributed by atoms with E-state index >= 15 is 0 Å². The Balaban J connectivity index is 0.00000364. The van der Waals surface area contributed by atoms with Crippen molar-refractivity contribution in [3.8, 4) is 0 Å². The Morgan fingerprint density at radius 2 is 1.89 bits per heavy atom. The molecule has 0 bridgehead atoms. The molecule has 0 atom stereocenters. The van der Waals surface area contributed by atoms with Gasteiger partial charge in [-0.3, -0.25) is 9.59 Å². The number of benzene rings is 1. The van der Waals surface area contributed by atoms with Crippen LogP contribution in [-0.4, -0.2) is 46.9 Å². The Morgan fingerprint density at radius 3 is 2.56 bits per heavy atom. The van der Waals surface area contributed by atoms with Crippen LogP contribution in [0.25, 0.3) is 0 Å². The molecule has 1 aliphatic rings. The van der Waals surface area contributed by atoms with E-state index in [-0.39, 0.29) is 29.8 Å². The summed E-state index contributed by atoms with van der Waals surface area (Å²) in [6.45, 7) is 1.85. The van der Waals surface area contributed by atoms with Crippen molar-refractivity contribution in [1.29, 1.82) is 0 Å². The maximum Gasteiger partial charge on any atom is 0.243 e. The van der Waals surface area contributed by atoms with E-state index in [1.54, 1.807) is 6.07 Å². The summed E-state index contributed by atoms with van der Waals surface area (Å²) < 4.78 is 25.8. The third-order valence-electron chi connectivity index (χ3n) is 4.38. The van der Waals surface area contributed by atoms with E-state index in [9.17, 15) is 18.0 Å². The molecule has 10 heteroatoms. The number of carbonyl (C=O) groups is 2. The van der Waals surface area contributed by atoms with Crippen LogP contribution >= 0.6 is 12.4 Å². The Bertz CT molecular complexity index is 736. The number of amides is 2. The predicted octanol–water partition coefficient (Wildman–Crippen LogP) is 0.851. The minimum absolute atomic E-state index is 0. The van der Waals surface area contributed by atoms with Gasteiger partial charge >= 0.3 is 0 Å². The molecule has 0 radical (unpaired) electrons. The zero-order chi connectivity index (χ0) is 19.0. The van der Waals surface area contributed by atoms with Crippen LogP contribution in [0.3, 0.4) is 0 Å². The van der Waals surface area contributed by atoms with E-state index in [1.165, 1.54) is 25.2 Å². The van der Waals surface area contributed by atoms with Gasteiger partial charge in [0.2, 0.25) is 21.8 Å². The van der Waals surface area contributed by atoms with Crippen LogP contribution in [0.2, 0.25) is 0 Å². The van der Waals surface area contributed by atoms with E-state index in [2.05, 4.69) is 20.7 Å². The second-order valence-electron chi connectivity index (χ2n) is 6.29. The summed E-state index contributed by atoms with van der Waals surface area (Å²) in [6, 6.07) is 5.93. The first-order chi connectivity index (χ1) is 12.4. The van der Waals surface area contributed by atoms with Crippen LogP contribution in [-0.2, 0) is 19.6 Å². The summed E-state index contributed by atoms with van der Waals surface area (Å²) in [6.07, 6.45) is 3.41. The smallest absolute Gasteiger partial charge is 0.243 e. The quantitative estimate of drug-likeness (QED) is 0.499. The fourth-order valence-electron chi connectivity index (χ4n) is 2.84. The molecule has 1 aromatic carbocycles. The van der Waals surface area contributed by atoms with E-state index in [0.717, 1.165) is 32.4 Å². The summed E-state index contributed by atoms with van der Waals surface area (Å²) in [4.78, 5) is 23.9. The average molecular weight is 419 g/mol. The molecule has 1 aromatic rings. The highest BCUT2D eigenvalue weighted by atomic mass is 35.5. The predicted molar refractivity (Wildman–Crippen MR) is 106 cm³/mol. The van der Waals surface area contributed by atoms with Crippen molar-refractivity contribution in [2.75, 3.05) is 32.0 Å². The summed E-state index contributed by atoms with van der Waals surface area (Å²) in [5, 5.41) is 8.47. The Hall–Kier alpha value is -1.68. The number of hydrogen-bond acceptors (Lipinski definition) is 5. The molecule has 2 amide bonds. The maximum absolute atomic E-state index is 12.0. The summed E-state index contributed by atoms with van der Waals surface area (Å²) in [5.41, 5.74) is 0.357. The molecule has 1 fully saturated rings. The first-order valence-corrected chi connectivity index (χ1v) is 10.2. The van der Waals surface area contributed by atoms with Crippen LogP contribution in [0.15, 0.2) is 29.2 Å². The third kappa shape index (κ3) is 7.84. The highest BCUT2D eigenvalue weighted by Crippen LogP contribution is 2.17. The van der Waals surface area contributed by atoms with Crippen LogP contribution < -0.4 is 20.7 Å². The molecule has 27 heavy (non-hydrogen) atoms. The molecular weight excluding hydrogens is 392 g/mol. The first-order valence-electron chi connectivity index (χ1n) is 8.71. The molecule has 1 aliphatic heterocycles. The number of rotatable bonds is 8. The van der Waals surface area contributed by atoms with Crippen molar-refractivity contribution in [2.24, 2.45) is 5.92 Å². The molecule has 0 aromatic heterocycles. The van der Waals surface area contributed by atoms with E-state index in [1.807, 2.05) is 0 Å². The second-order valence-corrected chi connectivity index (χ2v) is 8.18. The minimum Gasteiger partial charge on any atom is -0.347 e. The molecule has 1 heterocycles. The van der Waals surface area contributed by atoms with Gasteiger partial charge in [0.15, 0.2) is 0 Å². The average Bonchev–Trinajstić information content (AvgIpc) is 2.65. The molecule has 0 saturated carbocycles. The van der Waals surface area contributed by atoms with Crippen molar-refractivity contribution in [3.63, 3.8) is 0 Å². The molecule has 0 spiro atoms. The molecule has 0 aliphatic carbocycles. The standard InChI is InChI=1S/C17H26N4O4S.ClH/c1-18-26(24,25)15-4-2-3-14(11-15)21-17(23)12-20-16(22)6-5-13-7-9-19-10-8-13;/h2-4,11,13,18-19H,5-10,12H2,1H3,(H,20,22)(H,21,23);1H. The van der Waals surface area contributed by atoms with Crippen molar-refractivity contribution >= 4 is 39.9 Å². The van der Waals surface area contributed by atoms with Crippen LogP contribution in [0.4, 0.5) is 5.69 Å². The van der Waals surface area contributed by atoms with Crippen LogP contribution in [0, 0.1) is 5.92 Å². The number of carbonyl (C=O) groups excluding carboxylic acids is 2. The molecule has 2 rings (SSSR count). The molecular formula is C17H27ClN4O4S. The van der Waals surface area contributed by atoms with Gasteiger partial charge in [-0.1, -0.05) is 6.07 Å². The Labute approximate surface area is 166 Å². The number of halogens is 1. The van der Waals surface area contributed by atoms with Gasteiger partial charge in [-0.05, 0) is 63.5 Å². The Kier molecular flexibility index (Phi) is 9.71. The molecule has 8 nitrogen and oxygen atoms in total. The molecule has 4 N–H and O–H groups in total. The largest absolute Gasteiger partial charge is 0.347 e. The molecule has 152 valence electrons. The van der Waals surface area contributed by atoms with Gasteiger partial charge in [-0.15, -0.1) is 12.4 Å². The zero-order valence-corrected chi connectivity index (χ0v) is 16.9. The first kappa shape index (κ1) is 23.4. The number of nitrogens with one attached hydrogen (secondary N) is 4. The number of piperidine rings is 1. The van der Waals surface area contributed by atoms with E-state index in [0.29, 0.717) is 18.0 Å². The molecule has 0 unspecified atom stereocenters. The van der Waals surface area contributed by atoms with Gasteiger partial charge in [-0.2, -0.15) is 0 Å². The van der Waals surface area contributed by atoms with Gasteiger partial charge in [-0.25, -0.2) is 13.1 Å². The Morgan fingerprint density at radius 1 is 1.19 bits per heavy atom. The normalized spacial score (nSPS) is 14.9. The minimum atomic E-state index is -3.58. The second kappa shape index (κ2) is 11.2. The lowest BCUT2D eigenvalue weighted by Crippen LogP contribution is -2.33. The summed E-state index contributed by atoms with van der Waals surface area (Å²) in [7, 11) is -2.26. The number of sulfonamides is 1. The van der Waals surface area contributed by atoms with Crippen LogP contribution in [0.1, 0.15) is 25.7 Å². The van der Waals surface area contributed by atoms with Crippen molar-refractivity contribution in [3.05, 3.63) is 24.3 Å². The van der Waals surface area contributed by atoms with Gasteiger partial charge in [0.1, 0.15) is 0 Å². The topological polar surface area (TPSA) is 116 Å². The maximum atomic E-state index is 12.0. The fourth-order valence-corrected chi connectivity index (χ4v) is 3.61. The van der Waals surface area contributed by atoms with E-state index in [4.69, 9.17) is 0 Å². The summed E-state index contributed by atoms with van der Waals surface area (Å²) in [5.74, 6) is 0.0112. The lowest BCUT2D eigenvalue weighted by molar-refractivity contribution is -0.124. The highest BCUT2D eigenvalue weighted by molar-refractivity contribution is 7.89.